The van der Waals surface area contributed by atoms with E-state index in [0.717, 1.165) is 11.1 Å². The Bertz CT molecular complexity index is 963. The molecule has 2 heterocycles. The molecule has 3 aromatic rings. The lowest BCUT2D eigenvalue weighted by Crippen LogP contribution is -2.02. The van der Waals surface area contributed by atoms with Crippen LogP contribution in [0.15, 0.2) is 48.5 Å². The van der Waals surface area contributed by atoms with Gasteiger partial charge < -0.3 is 19.3 Å². The largest absolute Gasteiger partial charge is 0.497 e. The van der Waals surface area contributed by atoms with Gasteiger partial charge in [0.1, 0.15) is 5.75 Å². The Morgan fingerprint density at radius 3 is 2.54 bits per heavy atom. The topological polar surface area (TPSA) is 73.7 Å². The zero-order valence-electron chi connectivity index (χ0n) is 14.0. The first-order chi connectivity index (χ1) is 12.7. The van der Waals surface area contributed by atoms with Crippen molar-refractivity contribution < 1.29 is 19.3 Å². The molecule has 0 bridgehead atoms. The van der Waals surface area contributed by atoms with E-state index in [0.29, 0.717) is 34.6 Å². The molecule has 0 spiro atoms. The number of benzene rings is 2. The number of hydrogen-bond acceptors (Lipinski definition) is 6. The van der Waals surface area contributed by atoms with Crippen LogP contribution in [0.25, 0.3) is 12.2 Å². The zero-order valence-corrected chi connectivity index (χ0v) is 14.0. The maximum absolute atomic E-state index is 9.35. The summed E-state index contributed by atoms with van der Waals surface area (Å²) in [7, 11) is 1.59. The molecule has 26 heavy (non-hydrogen) atoms. The van der Waals surface area contributed by atoms with Gasteiger partial charge in [0.05, 0.1) is 19.4 Å². The number of rotatable bonds is 4. The highest BCUT2D eigenvalue weighted by Gasteiger charge is 2.20. The van der Waals surface area contributed by atoms with E-state index in [4.69, 9.17) is 14.2 Å². The number of nitrogens with zero attached hydrogens (tertiary/aromatic N) is 2. The minimum absolute atomic E-state index is 0.0543. The Morgan fingerprint density at radius 1 is 0.962 bits per heavy atom. The summed E-state index contributed by atoms with van der Waals surface area (Å²) < 4.78 is 16.8. The van der Waals surface area contributed by atoms with Crippen molar-refractivity contribution >= 4 is 12.2 Å². The first kappa shape index (κ1) is 16.1. The van der Waals surface area contributed by atoms with Gasteiger partial charge in [-0.3, -0.25) is 0 Å². The molecule has 0 radical (unpaired) electrons. The number of fused-ring (bicyclic) bond motifs is 2. The normalized spacial score (nSPS) is 12.1. The van der Waals surface area contributed by atoms with E-state index in [9.17, 15) is 5.11 Å². The van der Waals surface area contributed by atoms with Gasteiger partial charge in [-0.05, 0) is 47.5 Å². The number of methoxy groups -OCH3 is 1. The smallest absolute Gasteiger partial charge is 0.282 e. The Hall–Kier alpha value is -3.38. The third-order valence-electron chi connectivity index (χ3n) is 3.88. The van der Waals surface area contributed by atoms with Crippen LogP contribution >= 0.6 is 0 Å². The van der Waals surface area contributed by atoms with E-state index in [1.165, 1.54) is 0 Å². The Balaban J connectivity index is 1.60. The van der Waals surface area contributed by atoms with Crippen LogP contribution in [0.2, 0.25) is 0 Å². The van der Waals surface area contributed by atoms with E-state index >= 15 is 0 Å². The van der Waals surface area contributed by atoms with Gasteiger partial charge >= 0.3 is 0 Å². The molecule has 0 amide bonds. The number of ether oxygens (including phenoxy) is 3. The molecular weight excluding hydrogens is 332 g/mol. The fourth-order valence-electron chi connectivity index (χ4n) is 2.62. The van der Waals surface area contributed by atoms with Gasteiger partial charge in [0.25, 0.3) is 5.88 Å². The number of aliphatic hydroxyl groups excluding tert-OH is 1. The highest BCUT2D eigenvalue weighted by atomic mass is 16.6. The third kappa shape index (κ3) is 3.22. The minimum Gasteiger partial charge on any atom is -0.497 e. The number of aromatic nitrogens is 2. The van der Waals surface area contributed by atoms with Crippen molar-refractivity contribution in [3.05, 3.63) is 65.4 Å². The summed E-state index contributed by atoms with van der Waals surface area (Å²) in [6.45, 7) is -0.0543. The van der Waals surface area contributed by atoms with Crippen LogP contribution in [0.5, 0.6) is 28.9 Å². The van der Waals surface area contributed by atoms with Crippen molar-refractivity contribution in [1.29, 1.82) is 0 Å². The highest BCUT2D eigenvalue weighted by Crippen LogP contribution is 2.43. The molecule has 1 N–H and O–H groups in total. The molecule has 0 unspecified atom stereocenters. The average Bonchev–Trinajstić information content (AvgIpc) is 2.70. The summed E-state index contributed by atoms with van der Waals surface area (Å²) in [6, 6.07) is 14.7. The standard InChI is InChI=1S/C20H16N2O4/c1-24-16-9-13(8-14(10-16)12-23)6-7-15-11-19-20(22-21-15)26-18-5-3-2-4-17(18)25-19/h2-11,23H,12H2,1H3. The van der Waals surface area contributed by atoms with Crippen LogP contribution in [0, 0.1) is 0 Å². The fraction of sp³-hybridized carbons (Fsp3) is 0.100. The van der Waals surface area contributed by atoms with Gasteiger partial charge in [-0.15, -0.1) is 10.2 Å². The van der Waals surface area contributed by atoms with Gasteiger partial charge in [0.2, 0.25) is 0 Å². The van der Waals surface area contributed by atoms with Crippen LogP contribution in [-0.4, -0.2) is 22.4 Å². The molecule has 6 heteroatoms. The van der Waals surface area contributed by atoms with Crippen molar-refractivity contribution in [3.63, 3.8) is 0 Å². The lowest BCUT2D eigenvalue weighted by molar-refractivity contribution is 0.281. The van der Waals surface area contributed by atoms with Crippen molar-refractivity contribution in [2.45, 2.75) is 6.61 Å². The Kier molecular flexibility index (Phi) is 4.25. The lowest BCUT2D eigenvalue weighted by atomic mass is 10.1. The molecule has 0 aliphatic carbocycles. The summed E-state index contributed by atoms with van der Waals surface area (Å²) in [5, 5.41) is 17.6. The molecule has 2 aromatic carbocycles. The van der Waals surface area contributed by atoms with Gasteiger partial charge in [-0.2, -0.15) is 0 Å². The summed E-state index contributed by atoms with van der Waals surface area (Å²) in [5.41, 5.74) is 2.28. The van der Waals surface area contributed by atoms with Gasteiger partial charge in [0, 0.05) is 6.07 Å². The lowest BCUT2D eigenvalue weighted by Gasteiger charge is -2.18. The highest BCUT2D eigenvalue weighted by molar-refractivity contribution is 5.70. The summed E-state index contributed by atoms with van der Waals surface area (Å²) >= 11 is 0. The molecule has 0 saturated carbocycles. The van der Waals surface area contributed by atoms with Crippen LogP contribution < -0.4 is 14.2 Å². The van der Waals surface area contributed by atoms with Crippen molar-refractivity contribution in [3.8, 4) is 28.9 Å². The molecule has 1 aliphatic rings. The third-order valence-corrected chi connectivity index (χ3v) is 3.88. The van der Waals surface area contributed by atoms with Crippen LogP contribution in [-0.2, 0) is 6.61 Å². The SMILES string of the molecule is COc1cc(C=Cc2cc3c(nn2)Oc2ccccc2O3)cc(CO)c1. The van der Waals surface area contributed by atoms with Crippen molar-refractivity contribution in [2.75, 3.05) is 7.11 Å². The first-order valence-corrected chi connectivity index (χ1v) is 8.04. The number of hydrogen-bond donors (Lipinski definition) is 1. The predicted octanol–water partition coefficient (Wildman–Crippen LogP) is 4.05. The van der Waals surface area contributed by atoms with E-state index in [2.05, 4.69) is 10.2 Å². The van der Waals surface area contributed by atoms with Crippen molar-refractivity contribution in [2.24, 2.45) is 0 Å². The maximum Gasteiger partial charge on any atom is 0.282 e. The van der Waals surface area contributed by atoms with Crippen LogP contribution in [0.4, 0.5) is 0 Å². The van der Waals surface area contributed by atoms with Crippen LogP contribution in [0.1, 0.15) is 16.8 Å². The predicted molar refractivity (Wildman–Crippen MR) is 96.5 cm³/mol. The molecule has 0 saturated heterocycles. The minimum atomic E-state index is -0.0543. The van der Waals surface area contributed by atoms with Gasteiger partial charge in [-0.1, -0.05) is 18.2 Å². The molecule has 1 aromatic heterocycles. The van der Waals surface area contributed by atoms with E-state index in [-0.39, 0.29) is 6.61 Å². The molecule has 4 rings (SSSR count). The fourth-order valence-corrected chi connectivity index (χ4v) is 2.62. The quantitative estimate of drug-likeness (QED) is 0.600. The molecular formula is C20H16N2O4. The van der Waals surface area contributed by atoms with Crippen LogP contribution in [0.3, 0.4) is 0 Å². The molecule has 1 aliphatic heterocycles. The monoisotopic (exact) mass is 348 g/mol. The van der Waals surface area contributed by atoms with E-state index in [1.54, 1.807) is 19.2 Å². The molecule has 0 fully saturated rings. The molecule has 130 valence electrons. The summed E-state index contributed by atoms with van der Waals surface area (Å²) in [5.74, 6) is 2.79. The first-order valence-electron chi connectivity index (χ1n) is 8.04. The second kappa shape index (κ2) is 6.85. The molecule has 0 atom stereocenters. The Morgan fingerprint density at radius 2 is 1.77 bits per heavy atom. The Labute approximate surface area is 150 Å². The number of aliphatic hydroxyl groups is 1. The second-order valence-corrected chi connectivity index (χ2v) is 5.70. The maximum atomic E-state index is 9.35. The number of para-hydroxylation sites is 2. The summed E-state index contributed by atoms with van der Waals surface area (Å²) in [6.07, 6.45) is 3.68. The average molecular weight is 348 g/mol. The van der Waals surface area contributed by atoms with E-state index in [1.807, 2.05) is 48.6 Å². The van der Waals surface area contributed by atoms with Crippen molar-refractivity contribution in [1.82, 2.24) is 10.2 Å². The summed E-state index contributed by atoms with van der Waals surface area (Å²) in [4.78, 5) is 0. The molecule has 6 nitrogen and oxygen atoms in total. The zero-order chi connectivity index (χ0) is 17.9. The van der Waals surface area contributed by atoms with E-state index < -0.39 is 0 Å². The van der Waals surface area contributed by atoms with Gasteiger partial charge in [0.15, 0.2) is 17.2 Å². The second-order valence-electron chi connectivity index (χ2n) is 5.70. The van der Waals surface area contributed by atoms with Gasteiger partial charge in [-0.25, -0.2) is 0 Å².